The van der Waals surface area contributed by atoms with Crippen molar-refractivity contribution in [1.82, 2.24) is 4.90 Å². The number of allylic oxidation sites excluding steroid dienone is 3. The largest absolute Gasteiger partial charge is 0.373 e. The van der Waals surface area contributed by atoms with E-state index in [1.165, 1.54) is 4.90 Å². The summed E-state index contributed by atoms with van der Waals surface area (Å²) in [5.41, 5.74) is 0.0612. The molecular weight excluding hydrogens is 248 g/mol. The molecule has 1 aliphatic carbocycles. The molecule has 3 nitrogen and oxygen atoms in total. The lowest BCUT2D eigenvalue weighted by atomic mass is 10.1. The summed E-state index contributed by atoms with van der Waals surface area (Å²) in [6.45, 7) is 0. The molecule has 0 bridgehead atoms. The third-order valence-corrected chi connectivity index (χ3v) is 2.83. The van der Waals surface area contributed by atoms with Crippen molar-refractivity contribution < 1.29 is 9.59 Å². The summed E-state index contributed by atoms with van der Waals surface area (Å²) < 4.78 is 0. The Labute approximate surface area is 95.9 Å². The molecular formula is C8H6Cl3NO2. The Bertz CT molecular complexity index is 382. The molecule has 6 heteroatoms. The van der Waals surface area contributed by atoms with Gasteiger partial charge in [-0.25, -0.2) is 0 Å². The second-order valence-electron chi connectivity index (χ2n) is 2.84. The number of hydrogen-bond donors (Lipinski definition) is 0. The van der Waals surface area contributed by atoms with Gasteiger partial charge in [0.2, 0.25) is 11.6 Å². The van der Waals surface area contributed by atoms with Crippen LogP contribution in [0.3, 0.4) is 0 Å². The van der Waals surface area contributed by atoms with Crippen LogP contribution in [0.4, 0.5) is 0 Å². The highest BCUT2D eigenvalue weighted by molar-refractivity contribution is 6.64. The number of carbonyl (C=O) groups excluding carboxylic acids is 2. The number of halogens is 3. The Balaban J connectivity index is 3.34. The van der Waals surface area contributed by atoms with Gasteiger partial charge in [0, 0.05) is 14.1 Å². The van der Waals surface area contributed by atoms with Gasteiger partial charge in [-0.05, 0) is 0 Å². The fourth-order valence-corrected chi connectivity index (χ4v) is 1.76. The van der Waals surface area contributed by atoms with Crippen molar-refractivity contribution in [2.45, 2.75) is 0 Å². The van der Waals surface area contributed by atoms with Crippen molar-refractivity contribution >= 4 is 46.4 Å². The zero-order valence-corrected chi connectivity index (χ0v) is 9.67. The molecule has 0 aromatic carbocycles. The van der Waals surface area contributed by atoms with Crippen LogP contribution in [0.25, 0.3) is 0 Å². The van der Waals surface area contributed by atoms with Crippen LogP contribution >= 0.6 is 34.8 Å². The number of Topliss-reactive ketones (excluding diaryl/α,β-unsaturated/α-hetero) is 2. The number of hydrogen-bond acceptors (Lipinski definition) is 3. The summed E-state index contributed by atoms with van der Waals surface area (Å²) >= 11 is 16.8. The van der Waals surface area contributed by atoms with Crippen LogP contribution in [0.1, 0.15) is 0 Å². The topological polar surface area (TPSA) is 37.4 Å². The number of nitrogens with zero attached hydrogens (tertiary/aromatic N) is 1. The van der Waals surface area contributed by atoms with E-state index in [9.17, 15) is 9.59 Å². The van der Waals surface area contributed by atoms with Crippen LogP contribution in [0, 0.1) is 0 Å². The smallest absolute Gasteiger partial charge is 0.223 e. The van der Waals surface area contributed by atoms with E-state index >= 15 is 0 Å². The Morgan fingerprint density at radius 1 is 0.857 bits per heavy atom. The predicted octanol–water partition coefficient (Wildman–Crippen LogP) is 1.84. The first-order chi connectivity index (χ1) is 6.37. The molecule has 1 aliphatic rings. The average molecular weight is 254 g/mol. The Kier molecular flexibility index (Phi) is 3.24. The van der Waals surface area contributed by atoms with Crippen LogP contribution in [0.5, 0.6) is 0 Å². The van der Waals surface area contributed by atoms with Crippen molar-refractivity contribution in [3.05, 3.63) is 20.8 Å². The van der Waals surface area contributed by atoms with Gasteiger partial charge >= 0.3 is 0 Å². The Morgan fingerprint density at radius 2 is 1.29 bits per heavy atom. The van der Waals surface area contributed by atoms with E-state index in [1.807, 2.05) is 0 Å². The highest BCUT2D eigenvalue weighted by atomic mass is 35.5. The molecule has 14 heavy (non-hydrogen) atoms. The van der Waals surface area contributed by atoms with Gasteiger partial charge in [0.25, 0.3) is 0 Å². The van der Waals surface area contributed by atoms with E-state index in [2.05, 4.69) is 0 Å². The molecule has 0 aromatic rings. The molecule has 0 aromatic heterocycles. The second kappa shape index (κ2) is 3.93. The first-order valence-corrected chi connectivity index (χ1v) is 4.73. The van der Waals surface area contributed by atoms with Crippen LogP contribution in [-0.2, 0) is 9.59 Å². The number of carbonyl (C=O) groups is 2. The van der Waals surface area contributed by atoms with Gasteiger partial charge in [0.15, 0.2) is 0 Å². The van der Waals surface area contributed by atoms with Gasteiger partial charge in [-0.2, -0.15) is 0 Å². The Morgan fingerprint density at radius 3 is 1.71 bits per heavy atom. The third-order valence-electron chi connectivity index (χ3n) is 1.66. The molecule has 0 atom stereocenters. The minimum Gasteiger partial charge on any atom is -0.373 e. The molecule has 0 amide bonds. The van der Waals surface area contributed by atoms with E-state index in [0.29, 0.717) is 0 Å². The minimum absolute atomic E-state index is 0.0612. The predicted molar refractivity (Wildman–Crippen MR) is 55.3 cm³/mol. The Hall–Kier alpha value is -0.510. The summed E-state index contributed by atoms with van der Waals surface area (Å²) in [4.78, 5) is 24.3. The van der Waals surface area contributed by atoms with E-state index in [1.54, 1.807) is 14.1 Å². The third kappa shape index (κ3) is 1.67. The van der Waals surface area contributed by atoms with Gasteiger partial charge < -0.3 is 4.90 Å². The van der Waals surface area contributed by atoms with Gasteiger partial charge in [0.05, 0.1) is 0 Å². The standard InChI is InChI=1S/C8H6Cl3NO2/c1-12(2)6-5(11)7(13)3(9)4(10)8(6)14/h1-2H3. The lowest BCUT2D eigenvalue weighted by molar-refractivity contribution is -0.116. The zero-order valence-electron chi connectivity index (χ0n) is 7.40. The highest BCUT2D eigenvalue weighted by Crippen LogP contribution is 2.31. The second-order valence-corrected chi connectivity index (χ2v) is 3.98. The maximum Gasteiger partial charge on any atom is 0.223 e. The number of rotatable bonds is 1. The summed E-state index contributed by atoms with van der Waals surface area (Å²) in [5.74, 6) is -1.16. The normalized spacial score (nSPS) is 18.1. The summed E-state index contributed by atoms with van der Waals surface area (Å²) in [7, 11) is 3.18. The first kappa shape index (κ1) is 11.6. The first-order valence-electron chi connectivity index (χ1n) is 3.59. The number of likely N-dealkylation sites (N-methyl/N-ethyl adjacent to an activating group) is 1. The SMILES string of the molecule is CN(C)C1=C(Cl)C(=O)C(Cl)=C(Cl)C1=O. The summed E-state index contributed by atoms with van der Waals surface area (Å²) in [6, 6.07) is 0. The fraction of sp³-hybridized carbons (Fsp3) is 0.250. The molecule has 0 N–H and O–H groups in total. The minimum atomic E-state index is -0.623. The van der Waals surface area contributed by atoms with Crippen molar-refractivity contribution in [3.8, 4) is 0 Å². The maximum absolute atomic E-state index is 11.5. The van der Waals surface area contributed by atoms with Gasteiger partial charge in [0.1, 0.15) is 20.8 Å². The molecule has 0 aliphatic heterocycles. The average Bonchev–Trinajstić information content (AvgIpc) is 2.11. The van der Waals surface area contributed by atoms with E-state index < -0.39 is 11.6 Å². The molecule has 1 rings (SSSR count). The van der Waals surface area contributed by atoms with Crippen molar-refractivity contribution in [1.29, 1.82) is 0 Å². The van der Waals surface area contributed by atoms with Gasteiger partial charge in [-0.1, -0.05) is 34.8 Å². The van der Waals surface area contributed by atoms with Crippen LogP contribution in [0.15, 0.2) is 20.8 Å². The molecule has 0 radical (unpaired) electrons. The van der Waals surface area contributed by atoms with Crippen LogP contribution < -0.4 is 0 Å². The fourth-order valence-electron chi connectivity index (χ4n) is 1.01. The van der Waals surface area contributed by atoms with Crippen molar-refractivity contribution in [2.24, 2.45) is 0 Å². The zero-order chi connectivity index (χ0) is 11.0. The van der Waals surface area contributed by atoms with E-state index in [4.69, 9.17) is 34.8 Å². The molecule has 0 saturated carbocycles. The molecule has 0 fully saturated rings. The molecule has 0 unspecified atom stereocenters. The molecule has 0 spiro atoms. The van der Waals surface area contributed by atoms with Crippen molar-refractivity contribution in [2.75, 3.05) is 14.1 Å². The molecule has 0 saturated heterocycles. The lowest BCUT2D eigenvalue weighted by Gasteiger charge is -2.20. The van der Waals surface area contributed by atoms with Crippen molar-refractivity contribution in [3.63, 3.8) is 0 Å². The van der Waals surface area contributed by atoms with Crippen LogP contribution in [-0.4, -0.2) is 30.6 Å². The highest BCUT2D eigenvalue weighted by Gasteiger charge is 2.33. The maximum atomic E-state index is 11.5. The van der Waals surface area contributed by atoms with Gasteiger partial charge in [-0.3, -0.25) is 9.59 Å². The van der Waals surface area contributed by atoms with E-state index in [-0.39, 0.29) is 20.8 Å². The van der Waals surface area contributed by atoms with Gasteiger partial charge in [-0.15, -0.1) is 0 Å². The lowest BCUT2D eigenvalue weighted by Crippen LogP contribution is -2.27. The summed E-state index contributed by atoms with van der Waals surface area (Å²) in [6.07, 6.45) is 0. The molecule has 0 heterocycles. The monoisotopic (exact) mass is 253 g/mol. The van der Waals surface area contributed by atoms with Crippen LogP contribution in [0.2, 0.25) is 0 Å². The summed E-state index contributed by atoms with van der Waals surface area (Å²) in [5, 5.41) is -0.813. The quantitative estimate of drug-likeness (QED) is 0.670. The molecule has 76 valence electrons. The number of ketones is 2. The van der Waals surface area contributed by atoms with E-state index in [0.717, 1.165) is 0 Å².